The fourth-order valence-electron chi connectivity index (χ4n) is 1.54. The van der Waals surface area contributed by atoms with Crippen LogP contribution in [0.3, 0.4) is 0 Å². The van der Waals surface area contributed by atoms with E-state index in [9.17, 15) is 0 Å². The topological polar surface area (TPSA) is 0 Å². The summed E-state index contributed by atoms with van der Waals surface area (Å²) in [4.78, 5) is 0. The molecule has 0 unspecified atom stereocenters. The zero-order valence-corrected chi connectivity index (χ0v) is 13.7. The summed E-state index contributed by atoms with van der Waals surface area (Å²) < 4.78 is 0. The Morgan fingerprint density at radius 3 is 0.947 bits per heavy atom. The molecule has 3 rings (SSSR count). The number of rotatable bonds is 0. The van der Waals surface area contributed by atoms with E-state index >= 15 is 0 Å². The second-order valence-electron chi connectivity index (χ2n) is 4.40. The molecular formula is C18H21Er. The molecule has 0 nitrogen and oxygen atoms in total. The van der Waals surface area contributed by atoms with Crippen LogP contribution >= 0.6 is 0 Å². The molecule has 0 atom stereocenters. The predicted octanol–water partition coefficient (Wildman–Crippen LogP) is 5.09. The van der Waals surface area contributed by atoms with E-state index in [1.807, 2.05) is 0 Å². The summed E-state index contributed by atoms with van der Waals surface area (Å²) in [5, 5.41) is 0. The van der Waals surface area contributed by atoms with Crippen LogP contribution in [0.4, 0.5) is 0 Å². The third-order valence-corrected chi connectivity index (χ3v) is 2.60. The molecule has 0 saturated carbocycles. The number of hydrogen-bond donors (Lipinski definition) is 0. The van der Waals surface area contributed by atoms with Crippen LogP contribution in [0.25, 0.3) is 0 Å². The van der Waals surface area contributed by atoms with Crippen LogP contribution in [0.2, 0.25) is 0 Å². The van der Waals surface area contributed by atoms with E-state index in [2.05, 4.69) is 75.5 Å². The van der Waals surface area contributed by atoms with E-state index in [0.29, 0.717) is 0 Å². The van der Waals surface area contributed by atoms with E-state index in [0.717, 1.165) is 19.3 Å². The van der Waals surface area contributed by atoms with Crippen LogP contribution in [-0.2, 0) is 0 Å². The summed E-state index contributed by atoms with van der Waals surface area (Å²) in [7, 11) is 0. The molecule has 0 aliphatic heterocycles. The van der Waals surface area contributed by atoms with Crippen molar-refractivity contribution in [3.05, 3.63) is 71.4 Å². The quantitative estimate of drug-likeness (QED) is 0.494. The predicted molar refractivity (Wildman–Crippen MR) is 78.6 cm³/mol. The third-order valence-electron chi connectivity index (χ3n) is 2.60. The van der Waals surface area contributed by atoms with Crippen LogP contribution in [0.5, 0.6) is 0 Å². The molecule has 19 heavy (non-hydrogen) atoms. The molecule has 0 spiro atoms. The Kier molecular flexibility index (Phi) is 11.3. The summed E-state index contributed by atoms with van der Waals surface area (Å²) in [5.41, 5.74) is 3.82. The van der Waals surface area contributed by atoms with E-state index in [4.69, 9.17) is 0 Å². The first-order chi connectivity index (χ1) is 8.68. The minimum absolute atomic E-state index is 0. The summed E-state index contributed by atoms with van der Waals surface area (Å²) >= 11 is 0. The Balaban J connectivity index is 0.000000249. The summed E-state index contributed by atoms with van der Waals surface area (Å²) in [5.74, 6) is 0. The SMILES string of the molecule is CC1=[C-]CC=C1.CC1=[C-]CC=C1.CC1=[C-]CC=C1.[Er+3]. The fraction of sp³-hybridized carbons (Fsp3) is 0.333. The Labute approximate surface area is 148 Å². The minimum Gasteiger partial charge on any atom is -0.270 e. The monoisotopic (exact) mass is 403 g/mol. The maximum absolute atomic E-state index is 3.12. The maximum Gasteiger partial charge on any atom is 3.00 e. The van der Waals surface area contributed by atoms with E-state index in [1.165, 1.54) is 16.7 Å². The minimum atomic E-state index is 0. The largest absolute Gasteiger partial charge is 3.00 e. The molecule has 0 aromatic rings. The number of allylic oxidation sites excluding steroid dienone is 12. The molecule has 0 bridgehead atoms. The summed E-state index contributed by atoms with van der Waals surface area (Å²) in [6.45, 7) is 6.18. The van der Waals surface area contributed by atoms with Gasteiger partial charge in [0.15, 0.2) is 0 Å². The van der Waals surface area contributed by atoms with Gasteiger partial charge in [-0.05, 0) is 0 Å². The van der Waals surface area contributed by atoms with Crippen molar-refractivity contribution in [3.8, 4) is 0 Å². The summed E-state index contributed by atoms with van der Waals surface area (Å²) in [6.07, 6.45) is 25.0. The van der Waals surface area contributed by atoms with Crippen molar-refractivity contribution >= 4 is 0 Å². The van der Waals surface area contributed by atoms with Gasteiger partial charge in [-0.3, -0.25) is 18.2 Å². The Morgan fingerprint density at radius 2 is 0.895 bits per heavy atom. The molecule has 1 heteroatoms. The van der Waals surface area contributed by atoms with E-state index < -0.39 is 0 Å². The van der Waals surface area contributed by atoms with Crippen LogP contribution in [0.15, 0.2) is 53.2 Å². The first-order valence-electron chi connectivity index (χ1n) is 6.40. The van der Waals surface area contributed by atoms with E-state index in [1.54, 1.807) is 0 Å². The number of hydrogen-bond acceptors (Lipinski definition) is 0. The molecule has 0 heterocycles. The van der Waals surface area contributed by atoms with Gasteiger partial charge in [-0.15, -0.1) is 19.3 Å². The Hall–Kier alpha value is -0.313. The second-order valence-corrected chi connectivity index (χ2v) is 4.40. The molecule has 0 aromatic carbocycles. The van der Waals surface area contributed by atoms with Crippen LogP contribution < -0.4 is 0 Å². The Bertz CT molecular complexity index is 354. The molecule has 0 saturated heterocycles. The van der Waals surface area contributed by atoms with Crippen molar-refractivity contribution in [3.63, 3.8) is 0 Å². The summed E-state index contributed by atoms with van der Waals surface area (Å²) in [6, 6.07) is 0. The average Bonchev–Trinajstić information content (AvgIpc) is 3.05. The molecule has 3 aliphatic carbocycles. The maximum atomic E-state index is 3.12. The van der Waals surface area contributed by atoms with Gasteiger partial charge in [0.2, 0.25) is 0 Å². The zero-order chi connectivity index (χ0) is 13.2. The van der Waals surface area contributed by atoms with Gasteiger partial charge < -0.3 is 0 Å². The van der Waals surface area contributed by atoms with Crippen LogP contribution in [-0.4, -0.2) is 0 Å². The van der Waals surface area contributed by atoms with Crippen molar-refractivity contribution in [2.45, 2.75) is 40.0 Å². The van der Waals surface area contributed by atoms with Crippen molar-refractivity contribution in [1.29, 1.82) is 0 Å². The second kappa shape index (κ2) is 11.5. The average molecular weight is 405 g/mol. The first kappa shape index (κ1) is 18.7. The van der Waals surface area contributed by atoms with Gasteiger partial charge >= 0.3 is 37.3 Å². The molecule has 0 fully saturated rings. The fourth-order valence-corrected chi connectivity index (χ4v) is 1.54. The molecule has 1 radical (unpaired) electrons. The van der Waals surface area contributed by atoms with Crippen LogP contribution in [0, 0.1) is 55.5 Å². The van der Waals surface area contributed by atoms with Crippen molar-refractivity contribution in [1.82, 2.24) is 0 Å². The normalized spacial score (nSPS) is 17.5. The van der Waals surface area contributed by atoms with Gasteiger partial charge in [0.1, 0.15) is 0 Å². The molecule has 3 aliphatic rings. The van der Waals surface area contributed by atoms with Gasteiger partial charge in [-0.2, -0.15) is 18.2 Å². The van der Waals surface area contributed by atoms with Gasteiger partial charge in [-0.25, -0.2) is 34.9 Å². The molecule has 0 amide bonds. The van der Waals surface area contributed by atoms with Gasteiger partial charge in [0.25, 0.3) is 0 Å². The molecule has 0 N–H and O–H groups in total. The van der Waals surface area contributed by atoms with Gasteiger partial charge in [0, 0.05) is 0 Å². The van der Waals surface area contributed by atoms with Crippen molar-refractivity contribution < 1.29 is 37.3 Å². The standard InChI is InChI=1S/3C6H7.Er/c3*1-6-4-2-3-5-6;/h3*2,4H,3H2,1H3;/q3*-1;+3. The van der Waals surface area contributed by atoms with Crippen molar-refractivity contribution in [2.24, 2.45) is 0 Å². The first-order valence-corrected chi connectivity index (χ1v) is 6.40. The van der Waals surface area contributed by atoms with Crippen molar-refractivity contribution in [2.75, 3.05) is 0 Å². The third kappa shape index (κ3) is 10.2. The zero-order valence-electron chi connectivity index (χ0n) is 11.9. The van der Waals surface area contributed by atoms with E-state index in [-0.39, 0.29) is 37.3 Å². The molecule has 105 valence electrons. The van der Waals surface area contributed by atoms with Gasteiger partial charge in [-0.1, -0.05) is 20.8 Å². The van der Waals surface area contributed by atoms with Gasteiger partial charge in [0.05, 0.1) is 0 Å². The molecule has 0 aromatic heterocycles. The van der Waals surface area contributed by atoms with Crippen LogP contribution in [0.1, 0.15) is 40.0 Å². The smallest absolute Gasteiger partial charge is 0.270 e. The Morgan fingerprint density at radius 1 is 0.632 bits per heavy atom. The molecular weight excluding hydrogens is 383 g/mol.